The summed E-state index contributed by atoms with van der Waals surface area (Å²) in [5.41, 5.74) is 1.75. The van der Waals surface area contributed by atoms with E-state index in [2.05, 4.69) is 36.3 Å². The summed E-state index contributed by atoms with van der Waals surface area (Å²) in [7, 11) is 0. The van der Waals surface area contributed by atoms with Crippen molar-refractivity contribution in [3.05, 3.63) is 65.0 Å². The molecule has 1 aliphatic heterocycles. The molecule has 3 aromatic rings. The Balaban J connectivity index is 1.30. The summed E-state index contributed by atoms with van der Waals surface area (Å²) in [6.07, 6.45) is 1.80. The molecule has 0 saturated carbocycles. The van der Waals surface area contributed by atoms with Gasteiger partial charge in [0.15, 0.2) is 0 Å². The molecule has 1 fully saturated rings. The largest absolute Gasteiger partial charge is 0.339 e. The molecule has 1 N–H and O–H groups in total. The number of rotatable bonds is 5. The fraction of sp³-hybridized carbons (Fsp3) is 0.286. The normalized spacial score (nSPS) is 15.5. The maximum Gasteiger partial charge on any atom is 0.238 e. The quantitative estimate of drug-likeness (QED) is 0.639. The SMILES string of the molecule is O=C(CN1CCC(c2nc(-c3ccccc3)no2)CC1)Nc1ccccc1Br. The van der Waals surface area contributed by atoms with Gasteiger partial charge in [-0.25, -0.2) is 0 Å². The average Bonchev–Trinajstić information content (AvgIpc) is 3.21. The van der Waals surface area contributed by atoms with Crippen LogP contribution in [0.3, 0.4) is 0 Å². The molecular formula is C21H21BrN4O2. The Labute approximate surface area is 172 Å². The minimum absolute atomic E-state index is 0.00509. The van der Waals surface area contributed by atoms with Crippen molar-refractivity contribution in [3.8, 4) is 11.4 Å². The minimum atomic E-state index is -0.00509. The third-order valence-corrected chi connectivity index (χ3v) is 5.62. The number of piperidine rings is 1. The topological polar surface area (TPSA) is 71.3 Å². The van der Waals surface area contributed by atoms with Crippen LogP contribution in [0.1, 0.15) is 24.7 Å². The molecule has 0 aliphatic carbocycles. The van der Waals surface area contributed by atoms with Crippen LogP contribution in [-0.4, -0.2) is 40.6 Å². The number of nitrogens with one attached hydrogen (secondary N) is 1. The van der Waals surface area contributed by atoms with E-state index in [1.165, 1.54) is 0 Å². The van der Waals surface area contributed by atoms with Crippen molar-refractivity contribution < 1.29 is 9.32 Å². The number of hydrogen-bond acceptors (Lipinski definition) is 5. The van der Waals surface area contributed by atoms with Crippen LogP contribution in [0.4, 0.5) is 5.69 Å². The van der Waals surface area contributed by atoms with Crippen molar-refractivity contribution in [3.63, 3.8) is 0 Å². The third-order valence-electron chi connectivity index (χ3n) is 4.93. The molecular weight excluding hydrogens is 420 g/mol. The first kappa shape index (κ1) is 18.8. The van der Waals surface area contributed by atoms with E-state index < -0.39 is 0 Å². The first-order valence-electron chi connectivity index (χ1n) is 9.35. The van der Waals surface area contributed by atoms with Gasteiger partial charge >= 0.3 is 0 Å². The summed E-state index contributed by atoms with van der Waals surface area (Å²) < 4.78 is 6.39. The molecule has 0 atom stereocenters. The number of amides is 1. The van der Waals surface area contributed by atoms with Gasteiger partial charge in [-0.2, -0.15) is 4.98 Å². The number of aromatic nitrogens is 2. The number of hydrogen-bond donors (Lipinski definition) is 1. The van der Waals surface area contributed by atoms with Crippen LogP contribution < -0.4 is 5.32 Å². The first-order valence-corrected chi connectivity index (χ1v) is 10.1. The lowest BCUT2D eigenvalue weighted by atomic mass is 9.97. The van der Waals surface area contributed by atoms with Crippen LogP contribution in [0.5, 0.6) is 0 Å². The number of carbonyl (C=O) groups is 1. The summed E-state index contributed by atoms with van der Waals surface area (Å²) >= 11 is 3.45. The van der Waals surface area contributed by atoms with E-state index >= 15 is 0 Å². The molecule has 6 nitrogen and oxygen atoms in total. The highest BCUT2D eigenvalue weighted by atomic mass is 79.9. The molecule has 28 heavy (non-hydrogen) atoms. The number of halogens is 1. The Morgan fingerprint density at radius 1 is 1.11 bits per heavy atom. The molecule has 1 amide bonds. The maximum absolute atomic E-state index is 12.3. The van der Waals surface area contributed by atoms with E-state index in [9.17, 15) is 4.79 Å². The number of benzene rings is 2. The maximum atomic E-state index is 12.3. The van der Waals surface area contributed by atoms with Gasteiger partial charge in [-0.3, -0.25) is 9.69 Å². The van der Waals surface area contributed by atoms with Crippen LogP contribution in [0, 0.1) is 0 Å². The molecule has 1 aliphatic rings. The number of nitrogens with zero attached hydrogens (tertiary/aromatic N) is 3. The highest BCUT2D eigenvalue weighted by Crippen LogP contribution is 2.28. The fourth-order valence-electron chi connectivity index (χ4n) is 3.40. The summed E-state index contributed by atoms with van der Waals surface area (Å²) in [4.78, 5) is 19.1. The zero-order valence-electron chi connectivity index (χ0n) is 15.3. The monoisotopic (exact) mass is 440 g/mol. The lowest BCUT2D eigenvalue weighted by Gasteiger charge is -2.29. The summed E-state index contributed by atoms with van der Waals surface area (Å²) in [5.74, 6) is 1.56. The van der Waals surface area contributed by atoms with Crippen LogP contribution in [0.15, 0.2) is 63.6 Å². The molecule has 0 spiro atoms. The molecule has 1 saturated heterocycles. The van der Waals surface area contributed by atoms with Crippen LogP contribution in [0.2, 0.25) is 0 Å². The predicted molar refractivity (Wildman–Crippen MR) is 111 cm³/mol. The smallest absolute Gasteiger partial charge is 0.238 e. The zero-order chi connectivity index (χ0) is 19.3. The van der Waals surface area contributed by atoms with Gasteiger partial charge in [0, 0.05) is 16.0 Å². The van der Waals surface area contributed by atoms with Gasteiger partial charge in [-0.15, -0.1) is 0 Å². The Kier molecular flexibility index (Phi) is 5.83. The number of carbonyl (C=O) groups excluding carboxylic acids is 1. The van der Waals surface area contributed by atoms with Crippen molar-refractivity contribution >= 4 is 27.5 Å². The third kappa shape index (κ3) is 4.48. The van der Waals surface area contributed by atoms with Gasteiger partial charge < -0.3 is 9.84 Å². The fourth-order valence-corrected chi connectivity index (χ4v) is 3.78. The van der Waals surface area contributed by atoms with Gasteiger partial charge in [0.05, 0.1) is 12.2 Å². The molecule has 7 heteroatoms. The van der Waals surface area contributed by atoms with Crippen molar-refractivity contribution in [1.82, 2.24) is 15.0 Å². The Hall–Kier alpha value is -2.51. The molecule has 4 rings (SSSR count). The summed E-state index contributed by atoms with van der Waals surface area (Å²) in [5, 5.41) is 7.07. The van der Waals surface area contributed by atoms with E-state index in [1.54, 1.807) is 0 Å². The lowest BCUT2D eigenvalue weighted by Crippen LogP contribution is -2.38. The first-order chi connectivity index (χ1) is 13.7. The molecule has 2 aromatic carbocycles. The second kappa shape index (κ2) is 8.67. The van der Waals surface area contributed by atoms with E-state index in [1.807, 2.05) is 54.6 Å². The zero-order valence-corrected chi connectivity index (χ0v) is 16.9. The van der Waals surface area contributed by atoms with Gasteiger partial charge in [0.2, 0.25) is 17.6 Å². The molecule has 0 bridgehead atoms. The second-order valence-electron chi connectivity index (χ2n) is 6.90. The van der Waals surface area contributed by atoms with Crippen molar-refractivity contribution in [2.75, 3.05) is 25.0 Å². The Bertz CT molecular complexity index is 936. The van der Waals surface area contributed by atoms with Crippen molar-refractivity contribution in [2.45, 2.75) is 18.8 Å². The Morgan fingerprint density at radius 3 is 2.57 bits per heavy atom. The van der Waals surface area contributed by atoms with Gasteiger partial charge in [0.25, 0.3) is 0 Å². The number of para-hydroxylation sites is 1. The van der Waals surface area contributed by atoms with Crippen LogP contribution >= 0.6 is 15.9 Å². The average molecular weight is 441 g/mol. The van der Waals surface area contributed by atoms with Crippen molar-refractivity contribution in [1.29, 1.82) is 0 Å². The number of anilines is 1. The van der Waals surface area contributed by atoms with E-state index in [0.717, 1.165) is 41.7 Å². The lowest BCUT2D eigenvalue weighted by molar-refractivity contribution is -0.117. The molecule has 1 aromatic heterocycles. The molecule has 0 unspecified atom stereocenters. The van der Waals surface area contributed by atoms with Gasteiger partial charge in [0.1, 0.15) is 0 Å². The van der Waals surface area contributed by atoms with E-state index in [4.69, 9.17) is 4.52 Å². The van der Waals surface area contributed by atoms with E-state index in [0.29, 0.717) is 18.3 Å². The molecule has 2 heterocycles. The molecule has 144 valence electrons. The number of likely N-dealkylation sites (tertiary alicyclic amines) is 1. The highest BCUT2D eigenvalue weighted by molar-refractivity contribution is 9.10. The van der Waals surface area contributed by atoms with Gasteiger partial charge in [-0.1, -0.05) is 47.6 Å². The van der Waals surface area contributed by atoms with E-state index in [-0.39, 0.29) is 11.8 Å². The Morgan fingerprint density at radius 2 is 1.82 bits per heavy atom. The van der Waals surface area contributed by atoms with Crippen LogP contribution in [0.25, 0.3) is 11.4 Å². The second-order valence-corrected chi connectivity index (χ2v) is 7.76. The minimum Gasteiger partial charge on any atom is -0.339 e. The highest BCUT2D eigenvalue weighted by Gasteiger charge is 2.26. The van der Waals surface area contributed by atoms with Crippen molar-refractivity contribution in [2.24, 2.45) is 0 Å². The predicted octanol–water partition coefficient (Wildman–Crippen LogP) is 4.32. The molecule has 0 radical (unpaired) electrons. The van der Waals surface area contributed by atoms with Gasteiger partial charge in [-0.05, 0) is 54.0 Å². The summed E-state index contributed by atoms with van der Waals surface area (Å²) in [6, 6.07) is 17.5. The summed E-state index contributed by atoms with van der Waals surface area (Å²) in [6.45, 7) is 2.04. The standard InChI is InChI=1S/C21H21BrN4O2/c22-17-8-4-5-9-18(17)23-19(27)14-26-12-10-16(11-13-26)21-24-20(25-28-21)15-6-2-1-3-7-15/h1-9,16H,10-14H2,(H,23,27). The van der Waals surface area contributed by atoms with Crippen LogP contribution in [-0.2, 0) is 4.79 Å².